The van der Waals surface area contributed by atoms with E-state index in [0.29, 0.717) is 19.8 Å². The Kier molecular flexibility index (Phi) is 4.88. The van der Waals surface area contributed by atoms with Crippen molar-refractivity contribution in [1.82, 2.24) is 10.6 Å². The summed E-state index contributed by atoms with van der Waals surface area (Å²) in [6, 6.07) is 3.74. The van der Waals surface area contributed by atoms with E-state index in [4.69, 9.17) is 9.47 Å². The number of nitrogens with one attached hydrogen (secondary N) is 2. The van der Waals surface area contributed by atoms with Gasteiger partial charge in [-0.2, -0.15) is 0 Å². The molecule has 0 bridgehead atoms. The minimum Gasteiger partial charge on any atom is -0.486 e. The Labute approximate surface area is 138 Å². The number of fused-ring (bicyclic) bond motifs is 1. The molecule has 1 aromatic carbocycles. The van der Waals surface area contributed by atoms with Gasteiger partial charge in [0.05, 0.1) is 12.6 Å². The molecule has 5 nitrogen and oxygen atoms in total. The van der Waals surface area contributed by atoms with Crippen molar-refractivity contribution in [2.24, 2.45) is 5.92 Å². The third kappa shape index (κ3) is 3.93. The second-order valence-electron chi connectivity index (χ2n) is 5.88. The summed E-state index contributed by atoms with van der Waals surface area (Å²) in [5.41, 5.74) is 0.986. The first-order valence-electron chi connectivity index (χ1n) is 7.72. The summed E-state index contributed by atoms with van der Waals surface area (Å²) >= 11 is 3.54. The summed E-state index contributed by atoms with van der Waals surface area (Å²) in [5, 5.41) is 6.21. The Bertz CT molecular complexity index is 561. The average Bonchev–Trinajstić information content (AvgIpc) is 3.30. The number of benzene rings is 1. The second kappa shape index (κ2) is 6.87. The first-order chi connectivity index (χ1) is 10.6. The highest BCUT2D eigenvalue weighted by atomic mass is 79.9. The zero-order valence-corrected chi connectivity index (χ0v) is 14.2. The van der Waals surface area contributed by atoms with Gasteiger partial charge < -0.3 is 20.1 Å². The molecule has 1 aliphatic heterocycles. The molecular formula is C16H21BrN2O3. The van der Waals surface area contributed by atoms with Crippen LogP contribution in [0.15, 0.2) is 16.6 Å². The van der Waals surface area contributed by atoms with Gasteiger partial charge in [-0.15, -0.1) is 0 Å². The van der Waals surface area contributed by atoms with Crippen LogP contribution in [0.1, 0.15) is 31.4 Å². The van der Waals surface area contributed by atoms with Gasteiger partial charge in [-0.05, 0) is 49.9 Å². The third-order valence-corrected chi connectivity index (χ3v) is 4.61. The molecule has 2 N–H and O–H groups in total. The monoisotopic (exact) mass is 368 g/mol. The normalized spacial score (nSPS) is 17.9. The van der Waals surface area contributed by atoms with Crippen LogP contribution in [0.3, 0.4) is 0 Å². The molecule has 0 saturated heterocycles. The lowest BCUT2D eigenvalue weighted by molar-refractivity contribution is -0.120. The van der Waals surface area contributed by atoms with Crippen molar-refractivity contribution in [2.75, 3.05) is 26.3 Å². The lowest BCUT2D eigenvalue weighted by Gasteiger charge is -2.22. The molecule has 3 rings (SSSR count). The van der Waals surface area contributed by atoms with Crippen LogP contribution in [0.5, 0.6) is 11.5 Å². The summed E-state index contributed by atoms with van der Waals surface area (Å²) < 4.78 is 12.1. The SMILES string of the molecule is CC(NC(=O)CNCC1CC1)c1cc2c(cc1Br)OCCO2. The molecule has 1 saturated carbocycles. The van der Waals surface area contributed by atoms with Crippen molar-refractivity contribution in [3.8, 4) is 11.5 Å². The van der Waals surface area contributed by atoms with E-state index in [0.717, 1.165) is 34.0 Å². The maximum atomic E-state index is 12.0. The molecule has 0 radical (unpaired) electrons. The fourth-order valence-corrected chi connectivity index (χ4v) is 3.16. The number of hydrogen-bond donors (Lipinski definition) is 2. The molecule has 1 heterocycles. The number of carbonyl (C=O) groups excluding carboxylic acids is 1. The highest BCUT2D eigenvalue weighted by Crippen LogP contribution is 2.37. The molecule has 6 heteroatoms. The lowest BCUT2D eigenvalue weighted by Crippen LogP contribution is -2.36. The van der Waals surface area contributed by atoms with Gasteiger partial charge in [0.1, 0.15) is 13.2 Å². The smallest absolute Gasteiger partial charge is 0.234 e. The van der Waals surface area contributed by atoms with Gasteiger partial charge in [0.2, 0.25) is 5.91 Å². The number of carbonyl (C=O) groups is 1. The lowest BCUT2D eigenvalue weighted by atomic mass is 10.1. The van der Waals surface area contributed by atoms with Crippen molar-refractivity contribution in [2.45, 2.75) is 25.8 Å². The Morgan fingerprint density at radius 1 is 1.32 bits per heavy atom. The third-order valence-electron chi connectivity index (χ3n) is 3.92. The van der Waals surface area contributed by atoms with Crippen molar-refractivity contribution in [3.63, 3.8) is 0 Å². The van der Waals surface area contributed by atoms with Crippen LogP contribution in [0.25, 0.3) is 0 Å². The Morgan fingerprint density at radius 2 is 2.00 bits per heavy atom. The standard InChI is InChI=1S/C16H21BrN2O3/c1-10(19-16(20)9-18-8-11-2-3-11)12-6-14-15(7-13(12)17)22-5-4-21-14/h6-7,10-11,18H,2-5,8-9H2,1H3,(H,19,20). The van der Waals surface area contributed by atoms with Crippen LogP contribution in [0.2, 0.25) is 0 Å². The predicted octanol–water partition coefficient (Wildman–Crippen LogP) is 2.40. The fourth-order valence-electron chi connectivity index (χ4n) is 2.49. The highest BCUT2D eigenvalue weighted by molar-refractivity contribution is 9.10. The second-order valence-corrected chi connectivity index (χ2v) is 6.74. The molecule has 1 fully saturated rings. The minimum atomic E-state index is -0.0968. The maximum absolute atomic E-state index is 12.0. The van der Waals surface area contributed by atoms with Crippen LogP contribution < -0.4 is 20.1 Å². The van der Waals surface area contributed by atoms with E-state index in [1.165, 1.54) is 12.8 Å². The Morgan fingerprint density at radius 3 is 2.68 bits per heavy atom. The molecule has 1 amide bonds. The fraction of sp³-hybridized carbons (Fsp3) is 0.562. The number of rotatable bonds is 6. The summed E-state index contributed by atoms with van der Waals surface area (Å²) in [7, 11) is 0. The zero-order valence-electron chi connectivity index (χ0n) is 12.7. The van der Waals surface area contributed by atoms with Gasteiger partial charge in [-0.1, -0.05) is 15.9 Å². The van der Waals surface area contributed by atoms with E-state index in [2.05, 4.69) is 26.6 Å². The summed E-state index contributed by atoms with van der Waals surface area (Å²) in [6.45, 7) is 4.39. The van der Waals surface area contributed by atoms with Gasteiger partial charge in [0.25, 0.3) is 0 Å². The van der Waals surface area contributed by atoms with E-state index in [1.54, 1.807) is 0 Å². The quantitative estimate of drug-likeness (QED) is 0.809. The van der Waals surface area contributed by atoms with E-state index >= 15 is 0 Å². The van der Waals surface area contributed by atoms with Gasteiger partial charge in [-0.3, -0.25) is 4.79 Å². The van der Waals surface area contributed by atoms with E-state index < -0.39 is 0 Å². The number of hydrogen-bond acceptors (Lipinski definition) is 4. The first kappa shape index (κ1) is 15.6. The predicted molar refractivity (Wildman–Crippen MR) is 87.3 cm³/mol. The largest absolute Gasteiger partial charge is 0.486 e. The molecule has 1 aliphatic carbocycles. The summed E-state index contributed by atoms with van der Waals surface area (Å²) in [5.74, 6) is 2.26. The molecule has 1 aromatic rings. The molecule has 120 valence electrons. The van der Waals surface area contributed by atoms with Crippen LogP contribution in [0.4, 0.5) is 0 Å². The zero-order chi connectivity index (χ0) is 15.5. The minimum absolute atomic E-state index is 0.00920. The summed E-state index contributed by atoms with van der Waals surface area (Å²) in [6.07, 6.45) is 2.57. The molecule has 1 unspecified atom stereocenters. The van der Waals surface area contributed by atoms with Crippen LogP contribution in [-0.4, -0.2) is 32.2 Å². The molecular weight excluding hydrogens is 348 g/mol. The van der Waals surface area contributed by atoms with Crippen molar-refractivity contribution in [3.05, 3.63) is 22.2 Å². The number of ether oxygens (including phenoxy) is 2. The van der Waals surface area contributed by atoms with Crippen LogP contribution in [0, 0.1) is 5.92 Å². The van der Waals surface area contributed by atoms with Gasteiger partial charge in [-0.25, -0.2) is 0 Å². The Balaban J connectivity index is 1.58. The average molecular weight is 369 g/mol. The molecule has 22 heavy (non-hydrogen) atoms. The van der Waals surface area contributed by atoms with Crippen molar-refractivity contribution >= 4 is 21.8 Å². The molecule has 0 spiro atoms. The van der Waals surface area contributed by atoms with E-state index in [-0.39, 0.29) is 11.9 Å². The van der Waals surface area contributed by atoms with Crippen molar-refractivity contribution < 1.29 is 14.3 Å². The van der Waals surface area contributed by atoms with Gasteiger partial charge in [0, 0.05) is 4.47 Å². The summed E-state index contributed by atoms with van der Waals surface area (Å²) in [4.78, 5) is 12.0. The number of amides is 1. The van der Waals surface area contributed by atoms with Crippen molar-refractivity contribution in [1.29, 1.82) is 0 Å². The Hall–Kier alpha value is -1.27. The highest BCUT2D eigenvalue weighted by Gasteiger charge is 2.21. The molecule has 2 aliphatic rings. The first-order valence-corrected chi connectivity index (χ1v) is 8.52. The molecule has 0 aromatic heterocycles. The topological polar surface area (TPSA) is 59.6 Å². The number of halogens is 1. The molecule has 1 atom stereocenters. The van der Waals surface area contributed by atoms with E-state index in [1.807, 2.05) is 19.1 Å². The van der Waals surface area contributed by atoms with Crippen LogP contribution >= 0.6 is 15.9 Å². The van der Waals surface area contributed by atoms with E-state index in [9.17, 15) is 4.79 Å². The van der Waals surface area contributed by atoms with Gasteiger partial charge >= 0.3 is 0 Å². The maximum Gasteiger partial charge on any atom is 0.234 e. The van der Waals surface area contributed by atoms with Crippen LogP contribution in [-0.2, 0) is 4.79 Å². The van der Waals surface area contributed by atoms with Gasteiger partial charge in [0.15, 0.2) is 11.5 Å².